The monoisotopic (exact) mass is 214 g/mol. The molecule has 1 rings (SSSR count). The average Bonchev–Trinajstić information content (AvgIpc) is 2.29. The van der Waals surface area contributed by atoms with Crippen molar-refractivity contribution in [3.63, 3.8) is 0 Å². The zero-order chi connectivity index (χ0) is 11.8. The first-order valence-corrected chi connectivity index (χ1v) is 5.34. The molecular weight excluding hydrogens is 196 g/mol. The van der Waals surface area contributed by atoms with Gasteiger partial charge in [-0.05, 0) is 31.0 Å². The number of pyridine rings is 1. The molecule has 0 radical (unpaired) electrons. The van der Waals surface area contributed by atoms with Gasteiger partial charge in [0.25, 0.3) is 0 Å². The molecule has 2 nitrogen and oxygen atoms in total. The van der Waals surface area contributed by atoms with Gasteiger partial charge in [-0.2, -0.15) is 0 Å². The van der Waals surface area contributed by atoms with Crippen LogP contribution in [0.25, 0.3) is 0 Å². The van der Waals surface area contributed by atoms with E-state index in [1.54, 1.807) is 6.08 Å². The van der Waals surface area contributed by atoms with Crippen molar-refractivity contribution in [3.8, 4) is 0 Å². The van der Waals surface area contributed by atoms with Crippen LogP contribution >= 0.6 is 0 Å². The van der Waals surface area contributed by atoms with Crippen LogP contribution < -0.4 is 5.32 Å². The van der Waals surface area contributed by atoms with Gasteiger partial charge in [0.05, 0.1) is 0 Å². The van der Waals surface area contributed by atoms with Crippen LogP contribution in [0.3, 0.4) is 0 Å². The van der Waals surface area contributed by atoms with Crippen LogP contribution in [0, 0.1) is 0 Å². The topological polar surface area (TPSA) is 24.9 Å². The summed E-state index contributed by atoms with van der Waals surface area (Å²) in [6.45, 7) is 5.75. The molecule has 0 bridgehead atoms. The van der Waals surface area contributed by atoms with E-state index in [2.05, 4.69) is 35.9 Å². The summed E-state index contributed by atoms with van der Waals surface area (Å²) >= 11 is 0. The highest BCUT2D eigenvalue weighted by molar-refractivity contribution is 5.38. The SMILES string of the molecule is C=C/C=C\C=C(/C)Cc1ccnc(NC)c1. The molecular formula is C14H18N2. The highest BCUT2D eigenvalue weighted by atomic mass is 14.9. The largest absolute Gasteiger partial charge is 0.373 e. The van der Waals surface area contributed by atoms with Crippen LogP contribution in [0.4, 0.5) is 5.82 Å². The lowest BCUT2D eigenvalue weighted by Crippen LogP contribution is -1.94. The standard InChI is InChI=1S/C14H18N2/c1-4-5-6-7-12(2)10-13-8-9-16-14(11-13)15-3/h4-9,11H,1,10H2,2-3H3,(H,15,16)/b6-5-,12-7+. The van der Waals surface area contributed by atoms with Crippen LogP contribution in [-0.4, -0.2) is 12.0 Å². The molecule has 0 saturated carbocycles. The molecule has 2 heteroatoms. The number of hydrogen-bond acceptors (Lipinski definition) is 2. The number of aromatic nitrogens is 1. The zero-order valence-corrected chi connectivity index (χ0v) is 9.90. The molecule has 0 unspecified atom stereocenters. The second-order valence-electron chi connectivity index (χ2n) is 3.61. The van der Waals surface area contributed by atoms with E-state index >= 15 is 0 Å². The van der Waals surface area contributed by atoms with Crippen molar-refractivity contribution in [2.24, 2.45) is 0 Å². The van der Waals surface area contributed by atoms with Gasteiger partial charge in [0.1, 0.15) is 5.82 Å². The summed E-state index contributed by atoms with van der Waals surface area (Å²) in [6.07, 6.45) is 10.6. The van der Waals surface area contributed by atoms with Gasteiger partial charge in [-0.15, -0.1) is 0 Å². The lowest BCUT2D eigenvalue weighted by atomic mass is 10.1. The van der Waals surface area contributed by atoms with Crippen LogP contribution in [0.15, 0.2) is 54.8 Å². The Balaban J connectivity index is 2.68. The molecule has 1 aromatic heterocycles. The third kappa shape index (κ3) is 4.13. The highest BCUT2D eigenvalue weighted by Crippen LogP contribution is 2.11. The molecule has 0 saturated heterocycles. The van der Waals surface area contributed by atoms with Gasteiger partial charge in [-0.25, -0.2) is 4.98 Å². The molecule has 0 fully saturated rings. The molecule has 1 N–H and O–H groups in total. The van der Waals surface area contributed by atoms with Crippen molar-refractivity contribution < 1.29 is 0 Å². The van der Waals surface area contributed by atoms with E-state index in [-0.39, 0.29) is 0 Å². The fourth-order valence-electron chi connectivity index (χ4n) is 1.40. The Morgan fingerprint density at radius 3 is 3.00 bits per heavy atom. The second kappa shape index (κ2) is 6.62. The maximum absolute atomic E-state index is 4.18. The predicted molar refractivity (Wildman–Crippen MR) is 70.6 cm³/mol. The first-order chi connectivity index (χ1) is 7.76. The Kier molecular flexibility index (Phi) is 5.06. The molecule has 0 aliphatic rings. The molecule has 0 aromatic carbocycles. The third-order valence-corrected chi connectivity index (χ3v) is 2.19. The molecule has 1 heterocycles. The summed E-state index contributed by atoms with van der Waals surface area (Å²) in [5, 5.41) is 3.04. The number of nitrogens with one attached hydrogen (secondary N) is 1. The van der Waals surface area contributed by atoms with E-state index in [9.17, 15) is 0 Å². The number of hydrogen-bond donors (Lipinski definition) is 1. The van der Waals surface area contributed by atoms with Crippen LogP contribution in [0.2, 0.25) is 0 Å². The van der Waals surface area contributed by atoms with Crippen LogP contribution in [-0.2, 0) is 6.42 Å². The summed E-state index contributed by atoms with van der Waals surface area (Å²) in [5.41, 5.74) is 2.58. The zero-order valence-electron chi connectivity index (χ0n) is 9.90. The number of allylic oxidation sites excluding steroid dienone is 5. The Morgan fingerprint density at radius 2 is 2.31 bits per heavy atom. The number of rotatable bonds is 5. The van der Waals surface area contributed by atoms with Crippen LogP contribution in [0.5, 0.6) is 0 Å². The lowest BCUT2D eigenvalue weighted by molar-refractivity contribution is 1.12. The van der Waals surface area contributed by atoms with Crippen molar-refractivity contribution in [2.45, 2.75) is 13.3 Å². The first-order valence-electron chi connectivity index (χ1n) is 5.34. The van der Waals surface area contributed by atoms with Gasteiger partial charge in [-0.1, -0.05) is 36.5 Å². The fraction of sp³-hybridized carbons (Fsp3) is 0.214. The molecule has 0 atom stereocenters. The first kappa shape index (κ1) is 12.2. The van der Waals surface area contributed by atoms with Gasteiger partial charge < -0.3 is 5.32 Å². The Hall–Kier alpha value is -1.83. The van der Waals surface area contributed by atoms with Crippen molar-refractivity contribution in [2.75, 3.05) is 12.4 Å². The average molecular weight is 214 g/mol. The third-order valence-electron chi connectivity index (χ3n) is 2.19. The summed E-state index contributed by atoms with van der Waals surface area (Å²) in [6, 6.07) is 4.10. The van der Waals surface area contributed by atoms with E-state index < -0.39 is 0 Å². The van der Waals surface area contributed by atoms with Gasteiger partial charge in [0, 0.05) is 13.2 Å². The van der Waals surface area contributed by atoms with Gasteiger partial charge in [-0.3, -0.25) is 0 Å². The van der Waals surface area contributed by atoms with E-state index in [4.69, 9.17) is 0 Å². The van der Waals surface area contributed by atoms with E-state index in [1.807, 2.05) is 31.5 Å². The molecule has 0 aliphatic carbocycles. The molecule has 84 valence electrons. The van der Waals surface area contributed by atoms with Gasteiger partial charge in [0.15, 0.2) is 0 Å². The predicted octanol–water partition coefficient (Wildman–Crippen LogP) is 3.35. The normalized spacial score (nSPS) is 11.8. The van der Waals surface area contributed by atoms with Gasteiger partial charge in [0.2, 0.25) is 0 Å². The Bertz CT molecular complexity index is 403. The molecule has 0 aliphatic heterocycles. The van der Waals surface area contributed by atoms with Crippen molar-refractivity contribution >= 4 is 5.82 Å². The van der Waals surface area contributed by atoms with Crippen molar-refractivity contribution in [1.82, 2.24) is 4.98 Å². The minimum atomic E-state index is 0.909. The van der Waals surface area contributed by atoms with E-state index in [1.165, 1.54) is 11.1 Å². The fourth-order valence-corrected chi connectivity index (χ4v) is 1.40. The Labute approximate surface area is 97.4 Å². The van der Waals surface area contributed by atoms with E-state index in [0.29, 0.717) is 0 Å². The molecule has 16 heavy (non-hydrogen) atoms. The summed E-state index contributed by atoms with van der Waals surface area (Å²) in [7, 11) is 1.88. The van der Waals surface area contributed by atoms with Gasteiger partial charge >= 0.3 is 0 Å². The quantitative estimate of drug-likeness (QED) is 0.760. The lowest BCUT2D eigenvalue weighted by Gasteiger charge is -2.03. The summed E-state index contributed by atoms with van der Waals surface area (Å²) in [4.78, 5) is 4.18. The maximum Gasteiger partial charge on any atom is 0.125 e. The molecule has 1 aromatic rings. The summed E-state index contributed by atoms with van der Waals surface area (Å²) < 4.78 is 0. The summed E-state index contributed by atoms with van der Waals surface area (Å²) in [5.74, 6) is 0.909. The minimum Gasteiger partial charge on any atom is -0.373 e. The number of anilines is 1. The van der Waals surface area contributed by atoms with Crippen molar-refractivity contribution in [3.05, 3.63) is 60.3 Å². The van der Waals surface area contributed by atoms with Crippen molar-refractivity contribution in [1.29, 1.82) is 0 Å². The smallest absolute Gasteiger partial charge is 0.125 e. The Morgan fingerprint density at radius 1 is 1.50 bits per heavy atom. The molecule has 0 spiro atoms. The second-order valence-corrected chi connectivity index (χ2v) is 3.61. The number of nitrogens with zero attached hydrogens (tertiary/aromatic N) is 1. The highest BCUT2D eigenvalue weighted by Gasteiger charge is 1.96. The molecule has 0 amide bonds. The maximum atomic E-state index is 4.18. The van der Waals surface area contributed by atoms with E-state index in [0.717, 1.165) is 12.2 Å². The van der Waals surface area contributed by atoms with Crippen LogP contribution in [0.1, 0.15) is 12.5 Å². The minimum absolute atomic E-state index is 0.909.